The summed E-state index contributed by atoms with van der Waals surface area (Å²) in [6.45, 7) is 0. The molecular formula is C11H12BrClO. The summed E-state index contributed by atoms with van der Waals surface area (Å²) in [4.78, 5) is 0. The van der Waals surface area contributed by atoms with Crippen molar-refractivity contribution in [2.75, 3.05) is 0 Å². The van der Waals surface area contributed by atoms with Crippen molar-refractivity contribution in [1.29, 1.82) is 0 Å². The lowest BCUT2D eigenvalue weighted by Gasteiger charge is -2.40. The van der Waals surface area contributed by atoms with Crippen LogP contribution in [0.4, 0.5) is 0 Å². The summed E-state index contributed by atoms with van der Waals surface area (Å²) in [6.07, 6.45) is 2.84. The van der Waals surface area contributed by atoms with Crippen molar-refractivity contribution in [3.63, 3.8) is 0 Å². The zero-order valence-corrected chi connectivity index (χ0v) is 10.1. The molecule has 0 saturated heterocycles. The van der Waals surface area contributed by atoms with E-state index in [0.717, 1.165) is 18.4 Å². The monoisotopic (exact) mass is 274 g/mol. The molecule has 0 bridgehead atoms. The van der Waals surface area contributed by atoms with Gasteiger partial charge < -0.3 is 5.11 Å². The lowest BCUT2D eigenvalue weighted by Crippen LogP contribution is -2.36. The van der Waals surface area contributed by atoms with Gasteiger partial charge in [0.15, 0.2) is 0 Å². The molecule has 0 spiro atoms. The molecule has 1 fully saturated rings. The normalized spacial score (nSPS) is 21.4. The minimum absolute atomic E-state index is 0.0964. The number of hydrogen-bond acceptors (Lipinski definition) is 1. The molecule has 1 N–H and O–H groups in total. The third-order valence-electron chi connectivity index (χ3n) is 2.86. The summed E-state index contributed by atoms with van der Waals surface area (Å²) in [6, 6.07) is 7.40. The third-order valence-corrected chi connectivity index (χ3v) is 4.34. The molecule has 76 valence electrons. The standard InChI is InChI=1S/C11H12BrClO/c12-11(6-1-7-11)10(14)8-2-4-9(13)5-3-8/h2-5,10,14H,1,6-7H2. The summed E-state index contributed by atoms with van der Waals surface area (Å²) in [5.74, 6) is 0. The van der Waals surface area contributed by atoms with Gasteiger partial charge in [-0.05, 0) is 30.5 Å². The molecule has 0 amide bonds. The van der Waals surface area contributed by atoms with Gasteiger partial charge in [0, 0.05) is 5.02 Å². The first-order chi connectivity index (χ1) is 6.62. The van der Waals surface area contributed by atoms with Crippen LogP contribution in [0.5, 0.6) is 0 Å². The fraction of sp³-hybridized carbons (Fsp3) is 0.455. The Morgan fingerprint density at radius 1 is 1.29 bits per heavy atom. The number of benzene rings is 1. The zero-order chi connectivity index (χ0) is 10.2. The number of alkyl halides is 1. The molecule has 1 aliphatic carbocycles. The first-order valence-corrected chi connectivity index (χ1v) is 5.91. The Morgan fingerprint density at radius 2 is 1.86 bits per heavy atom. The van der Waals surface area contributed by atoms with Crippen LogP contribution in [-0.2, 0) is 0 Å². The molecule has 1 aromatic carbocycles. The number of hydrogen-bond donors (Lipinski definition) is 1. The average Bonchev–Trinajstić information content (AvgIpc) is 2.14. The molecule has 0 heterocycles. The molecule has 1 unspecified atom stereocenters. The molecule has 1 aromatic rings. The van der Waals surface area contributed by atoms with Gasteiger partial charge in [-0.1, -0.05) is 46.1 Å². The van der Waals surface area contributed by atoms with Crippen LogP contribution in [0.15, 0.2) is 24.3 Å². The highest BCUT2D eigenvalue weighted by Crippen LogP contribution is 2.49. The largest absolute Gasteiger partial charge is 0.387 e. The van der Waals surface area contributed by atoms with Gasteiger partial charge in [-0.25, -0.2) is 0 Å². The molecule has 1 nitrogen and oxygen atoms in total. The molecule has 3 heteroatoms. The smallest absolute Gasteiger partial charge is 0.0943 e. The predicted octanol–water partition coefficient (Wildman–Crippen LogP) is 3.69. The van der Waals surface area contributed by atoms with E-state index < -0.39 is 6.10 Å². The van der Waals surface area contributed by atoms with Crippen molar-refractivity contribution >= 4 is 27.5 Å². The third kappa shape index (κ3) is 1.83. The second-order valence-electron chi connectivity index (χ2n) is 3.84. The van der Waals surface area contributed by atoms with Gasteiger partial charge in [0.05, 0.1) is 10.4 Å². The van der Waals surface area contributed by atoms with Crippen molar-refractivity contribution < 1.29 is 5.11 Å². The minimum atomic E-state index is -0.423. The van der Waals surface area contributed by atoms with Crippen molar-refractivity contribution in [2.45, 2.75) is 29.7 Å². The second kappa shape index (κ2) is 3.84. The van der Waals surface area contributed by atoms with Gasteiger partial charge in [-0.3, -0.25) is 0 Å². The fourth-order valence-corrected chi connectivity index (χ4v) is 2.68. The van der Waals surface area contributed by atoms with Crippen LogP contribution < -0.4 is 0 Å². The molecule has 1 aliphatic rings. The van der Waals surface area contributed by atoms with E-state index in [1.807, 2.05) is 24.3 Å². The zero-order valence-electron chi connectivity index (χ0n) is 7.71. The molecule has 14 heavy (non-hydrogen) atoms. The van der Waals surface area contributed by atoms with Crippen LogP contribution >= 0.6 is 27.5 Å². The van der Waals surface area contributed by atoms with Crippen LogP contribution in [0.2, 0.25) is 5.02 Å². The molecule has 1 saturated carbocycles. The first-order valence-electron chi connectivity index (χ1n) is 4.74. The topological polar surface area (TPSA) is 20.2 Å². The lowest BCUT2D eigenvalue weighted by atomic mass is 9.78. The Bertz CT molecular complexity index is 319. The highest BCUT2D eigenvalue weighted by Gasteiger charge is 2.41. The van der Waals surface area contributed by atoms with Crippen molar-refractivity contribution in [2.24, 2.45) is 0 Å². The van der Waals surface area contributed by atoms with Gasteiger partial charge in [-0.2, -0.15) is 0 Å². The van der Waals surface area contributed by atoms with Crippen LogP contribution in [0.25, 0.3) is 0 Å². The van der Waals surface area contributed by atoms with E-state index in [4.69, 9.17) is 11.6 Å². The SMILES string of the molecule is OC(c1ccc(Cl)cc1)C1(Br)CCC1. The maximum Gasteiger partial charge on any atom is 0.0943 e. The number of rotatable bonds is 2. The van der Waals surface area contributed by atoms with Crippen molar-refractivity contribution in [3.8, 4) is 0 Å². The summed E-state index contributed by atoms with van der Waals surface area (Å²) in [7, 11) is 0. The number of aliphatic hydroxyl groups excluding tert-OH is 1. The van der Waals surface area contributed by atoms with E-state index in [1.165, 1.54) is 6.42 Å². The van der Waals surface area contributed by atoms with Crippen LogP contribution in [0, 0.1) is 0 Å². The summed E-state index contributed by atoms with van der Waals surface area (Å²) in [5.41, 5.74) is 0.936. The second-order valence-corrected chi connectivity index (χ2v) is 5.86. The van der Waals surface area contributed by atoms with E-state index in [-0.39, 0.29) is 4.32 Å². The Kier molecular flexibility index (Phi) is 2.87. The minimum Gasteiger partial charge on any atom is -0.387 e. The molecule has 2 rings (SSSR count). The Morgan fingerprint density at radius 3 is 2.29 bits per heavy atom. The molecule has 1 atom stereocenters. The van der Waals surface area contributed by atoms with E-state index in [9.17, 15) is 5.11 Å². The van der Waals surface area contributed by atoms with Gasteiger partial charge in [0.1, 0.15) is 0 Å². The lowest BCUT2D eigenvalue weighted by molar-refractivity contribution is 0.0916. The maximum absolute atomic E-state index is 10.1. The number of halogens is 2. The van der Waals surface area contributed by atoms with Crippen molar-refractivity contribution in [3.05, 3.63) is 34.9 Å². The van der Waals surface area contributed by atoms with E-state index in [0.29, 0.717) is 5.02 Å². The fourth-order valence-electron chi connectivity index (χ4n) is 1.73. The van der Waals surface area contributed by atoms with Gasteiger partial charge in [-0.15, -0.1) is 0 Å². The van der Waals surface area contributed by atoms with Gasteiger partial charge in [0.2, 0.25) is 0 Å². The van der Waals surface area contributed by atoms with Gasteiger partial charge in [0.25, 0.3) is 0 Å². The Balaban J connectivity index is 2.18. The molecule has 0 aromatic heterocycles. The predicted molar refractivity (Wildman–Crippen MR) is 61.9 cm³/mol. The molecule has 0 radical (unpaired) electrons. The van der Waals surface area contributed by atoms with E-state index >= 15 is 0 Å². The molecule has 0 aliphatic heterocycles. The van der Waals surface area contributed by atoms with E-state index in [1.54, 1.807) is 0 Å². The first kappa shape index (κ1) is 10.5. The Labute approximate surface area is 97.2 Å². The number of aliphatic hydroxyl groups is 1. The summed E-state index contributed by atoms with van der Waals surface area (Å²) in [5, 5.41) is 10.8. The quantitative estimate of drug-likeness (QED) is 0.816. The summed E-state index contributed by atoms with van der Waals surface area (Å²) >= 11 is 9.39. The summed E-state index contributed by atoms with van der Waals surface area (Å²) < 4.78 is -0.0964. The van der Waals surface area contributed by atoms with Crippen LogP contribution in [0.1, 0.15) is 30.9 Å². The van der Waals surface area contributed by atoms with E-state index in [2.05, 4.69) is 15.9 Å². The van der Waals surface area contributed by atoms with Crippen LogP contribution in [0.3, 0.4) is 0 Å². The van der Waals surface area contributed by atoms with Gasteiger partial charge >= 0.3 is 0 Å². The maximum atomic E-state index is 10.1. The highest BCUT2D eigenvalue weighted by atomic mass is 79.9. The Hall–Kier alpha value is -0.0500. The van der Waals surface area contributed by atoms with Crippen molar-refractivity contribution in [1.82, 2.24) is 0 Å². The highest BCUT2D eigenvalue weighted by molar-refractivity contribution is 9.10. The average molecular weight is 276 g/mol. The van der Waals surface area contributed by atoms with Crippen LogP contribution in [-0.4, -0.2) is 9.43 Å². The molecular weight excluding hydrogens is 263 g/mol.